The number of likely N-dealkylation sites (tertiary alicyclic amines) is 1. The van der Waals surface area contributed by atoms with E-state index >= 15 is 0 Å². The predicted octanol–water partition coefficient (Wildman–Crippen LogP) is 0.159. The van der Waals surface area contributed by atoms with E-state index in [2.05, 4.69) is 9.97 Å². The molecule has 0 saturated carbocycles. The molecular weight excluding hydrogens is 244 g/mol. The van der Waals surface area contributed by atoms with Gasteiger partial charge in [0.15, 0.2) is 0 Å². The lowest BCUT2D eigenvalue weighted by Gasteiger charge is -2.17. The number of rotatable bonds is 3. The highest BCUT2D eigenvalue weighted by molar-refractivity contribution is 5.77. The molecule has 1 aromatic rings. The maximum absolute atomic E-state index is 11.5. The van der Waals surface area contributed by atoms with Gasteiger partial charge in [-0.1, -0.05) is 0 Å². The van der Waals surface area contributed by atoms with E-state index in [4.69, 9.17) is 5.11 Å². The number of carbonyl (C=O) groups is 1. The van der Waals surface area contributed by atoms with Gasteiger partial charge >= 0.3 is 0 Å². The predicted molar refractivity (Wildman–Crippen MR) is 72.1 cm³/mol. The highest BCUT2D eigenvalue weighted by Crippen LogP contribution is 2.27. The fraction of sp³-hybridized carbons (Fsp3) is 0.615. The molecule has 1 aliphatic heterocycles. The number of hydrogen-bond donors (Lipinski definition) is 1. The van der Waals surface area contributed by atoms with Gasteiger partial charge in [-0.2, -0.15) is 0 Å². The van der Waals surface area contributed by atoms with Gasteiger partial charge in [0.25, 0.3) is 0 Å². The Morgan fingerprint density at radius 1 is 1.53 bits per heavy atom. The van der Waals surface area contributed by atoms with Crippen molar-refractivity contribution in [1.29, 1.82) is 0 Å². The monoisotopic (exact) mass is 264 g/mol. The van der Waals surface area contributed by atoms with Crippen LogP contribution in [0.5, 0.6) is 0 Å². The number of anilines is 1. The Hall–Kier alpha value is -1.69. The molecule has 1 atom stereocenters. The Morgan fingerprint density at radius 2 is 2.26 bits per heavy atom. The standard InChI is InChI=1S/C13H20N4O2/c1-9-14-11(6-12(15-9)16(2)3)10-4-5-17(7-10)13(19)8-18/h6,10,18H,4-5,7-8H2,1-3H3/t10-/m1/s1. The van der Waals surface area contributed by atoms with Crippen LogP contribution in [-0.4, -0.2) is 59.7 Å². The van der Waals surface area contributed by atoms with Gasteiger partial charge in [-0.15, -0.1) is 0 Å². The van der Waals surface area contributed by atoms with Crippen LogP contribution in [0.3, 0.4) is 0 Å². The van der Waals surface area contributed by atoms with E-state index in [0.29, 0.717) is 13.1 Å². The average Bonchev–Trinajstić information content (AvgIpc) is 2.86. The van der Waals surface area contributed by atoms with Crippen LogP contribution in [0.15, 0.2) is 6.07 Å². The Bertz CT molecular complexity index is 476. The summed E-state index contributed by atoms with van der Waals surface area (Å²) < 4.78 is 0. The second-order valence-electron chi connectivity index (χ2n) is 5.08. The number of aryl methyl sites for hydroxylation is 1. The summed E-state index contributed by atoms with van der Waals surface area (Å²) in [4.78, 5) is 24.0. The minimum Gasteiger partial charge on any atom is -0.387 e. The van der Waals surface area contributed by atoms with E-state index in [0.717, 1.165) is 23.8 Å². The number of amides is 1. The first-order valence-electron chi connectivity index (χ1n) is 6.42. The van der Waals surface area contributed by atoms with E-state index in [1.165, 1.54) is 0 Å². The summed E-state index contributed by atoms with van der Waals surface area (Å²) >= 11 is 0. The third kappa shape index (κ3) is 3.01. The molecular formula is C13H20N4O2. The van der Waals surface area contributed by atoms with Gasteiger partial charge in [-0.3, -0.25) is 4.79 Å². The fourth-order valence-corrected chi connectivity index (χ4v) is 2.34. The largest absolute Gasteiger partial charge is 0.387 e. The van der Waals surface area contributed by atoms with Crippen LogP contribution in [0.1, 0.15) is 23.9 Å². The third-order valence-electron chi connectivity index (χ3n) is 3.40. The van der Waals surface area contributed by atoms with Crippen molar-refractivity contribution in [2.24, 2.45) is 0 Å². The Labute approximate surface area is 113 Å². The molecule has 1 aliphatic rings. The fourth-order valence-electron chi connectivity index (χ4n) is 2.34. The summed E-state index contributed by atoms with van der Waals surface area (Å²) in [5.74, 6) is 1.65. The van der Waals surface area contributed by atoms with Crippen LogP contribution in [0, 0.1) is 6.92 Å². The van der Waals surface area contributed by atoms with Gasteiger partial charge in [-0.25, -0.2) is 9.97 Å². The average molecular weight is 264 g/mol. The van der Waals surface area contributed by atoms with E-state index in [1.807, 2.05) is 32.0 Å². The lowest BCUT2D eigenvalue weighted by atomic mass is 10.0. The van der Waals surface area contributed by atoms with Gasteiger partial charge in [0.1, 0.15) is 18.2 Å². The van der Waals surface area contributed by atoms with E-state index < -0.39 is 6.61 Å². The summed E-state index contributed by atoms with van der Waals surface area (Å²) in [7, 11) is 3.89. The molecule has 0 bridgehead atoms. The quantitative estimate of drug-likeness (QED) is 0.842. The number of aromatic nitrogens is 2. The highest BCUT2D eigenvalue weighted by Gasteiger charge is 2.28. The van der Waals surface area contributed by atoms with Crippen LogP contribution < -0.4 is 4.90 Å². The molecule has 0 spiro atoms. The molecule has 1 fully saturated rings. The Balaban J connectivity index is 2.17. The molecule has 6 nitrogen and oxygen atoms in total. The number of hydrogen-bond acceptors (Lipinski definition) is 5. The normalized spacial score (nSPS) is 18.7. The molecule has 2 rings (SSSR count). The van der Waals surface area contributed by atoms with Gasteiger partial charge in [0, 0.05) is 39.2 Å². The maximum Gasteiger partial charge on any atom is 0.248 e. The summed E-state index contributed by atoms with van der Waals surface area (Å²) in [6.07, 6.45) is 0.884. The minimum atomic E-state index is -0.418. The van der Waals surface area contributed by atoms with Crippen LogP contribution in [0.2, 0.25) is 0 Å². The van der Waals surface area contributed by atoms with Gasteiger partial charge in [0.05, 0.1) is 5.69 Å². The number of nitrogens with zero attached hydrogens (tertiary/aromatic N) is 4. The molecule has 2 heterocycles. The molecule has 0 aromatic carbocycles. The van der Waals surface area contributed by atoms with E-state index in [1.54, 1.807) is 4.90 Å². The van der Waals surface area contributed by atoms with Crippen molar-refractivity contribution in [3.63, 3.8) is 0 Å². The molecule has 1 aromatic heterocycles. The topological polar surface area (TPSA) is 69.6 Å². The molecule has 1 amide bonds. The number of aliphatic hydroxyl groups excluding tert-OH is 1. The first-order chi connectivity index (χ1) is 9.01. The van der Waals surface area contributed by atoms with Crippen LogP contribution in [0.25, 0.3) is 0 Å². The zero-order chi connectivity index (χ0) is 14.0. The molecule has 0 aliphatic carbocycles. The van der Waals surface area contributed by atoms with Gasteiger partial charge < -0.3 is 14.9 Å². The lowest BCUT2D eigenvalue weighted by molar-refractivity contribution is -0.133. The van der Waals surface area contributed by atoms with E-state index in [-0.39, 0.29) is 11.8 Å². The van der Waals surface area contributed by atoms with Crippen molar-refractivity contribution in [1.82, 2.24) is 14.9 Å². The third-order valence-corrected chi connectivity index (χ3v) is 3.40. The molecule has 19 heavy (non-hydrogen) atoms. The van der Waals surface area contributed by atoms with Crippen molar-refractivity contribution < 1.29 is 9.90 Å². The summed E-state index contributed by atoms with van der Waals surface area (Å²) in [5.41, 5.74) is 0.976. The maximum atomic E-state index is 11.5. The minimum absolute atomic E-state index is 0.207. The Kier molecular flexibility index (Phi) is 3.99. The molecule has 104 valence electrons. The number of aliphatic hydroxyl groups is 1. The second-order valence-corrected chi connectivity index (χ2v) is 5.08. The summed E-state index contributed by atoms with van der Waals surface area (Å²) in [6.45, 7) is 2.77. The molecule has 0 radical (unpaired) electrons. The smallest absolute Gasteiger partial charge is 0.248 e. The van der Waals surface area contributed by atoms with Crippen molar-refractivity contribution in [2.45, 2.75) is 19.3 Å². The molecule has 6 heteroatoms. The first kappa shape index (κ1) is 13.7. The summed E-state index contributed by atoms with van der Waals surface area (Å²) in [5, 5.41) is 8.89. The van der Waals surface area contributed by atoms with Crippen LogP contribution in [-0.2, 0) is 4.79 Å². The SMILES string of the molecule is Cc1nc([C@@H]2CCN(C(=O)CO)C2)cc(N(C)C)n1. The second kappa shape index (κ2) is 5.52. The van der Waals surface area contributed by atoms with Crippen molar-refractivity contribution in [3.8, 4) is 0 Å². The molecule has 1 N–H and O–H groups in total. The van der Waals surface area contributed by atoms with Crippen LogP contribution >= 0.6 is 0 Å². The lowest BCUT2D eigenvalue weighted by Crippen LogP contribution is -2.30. The first-order valence-corrected chi connectivity index (χ1v) is 6.42. The summed E-state index contributed by atoms with van der Waals surface area (Å²) in [6, 6.07) is 1.98. The van der Waals surface area contributed by atoms with Gasteiger partial charge in [0.2, 0.25) is 5.91 Å². The van der Waals surface area contributed by atoms with Gasteiger partial charge in [-0.05, 0) is 13.3 Å². The van der Waals surface area contributed by atoms with Crippen molar-refractivity contribution in [3.05, 3.63) is 17.6 Å². The highest BCUT2D eigenvalue weighted by atomic mass is 16.3. The Morgan fingerprint density at radius 3 is 2.89 bits per heavy atom. The molecule has 0 unspecified atom stereocenters. The van der Waals surface area contributed by atoms with E-state index in [9.17, 15) is 4.79 Å². The zero-order valence-electron chi connectivity index (χ0n) is 11.6. The zero-order valence-corrected chi connectivity index (χ0v) is 11.6. The molecule has 1 saturated heterocycles. The number of carbonyl (C=O) groups excluding carboxylic acids is 1. The van der Waals surface area contributed by atoms with Crippen molar-refractivity contribution in [2.75, 3.05) is 38.7 Å². The van der Waals surface area contributed by atoms with Crippen molar-refractivity contribution >= 4 is 11.7 Å². The van der Waals surface area contributed by atoms with Crippen LogP contribution in [0.4, 0.5) is 5.82 Å².